The number of hydrogen-bond donors (Lipinski definition) is 1. The summed E-state index contributed by atoms with van der Waals surface area (Å²) in [6.45, 7) is 2.46. The molecular formula is C21H24FN3O. The molecule has 0 spiro atoms. The lowest BCUT2D eigenvalue weighted by molar-refractivity contribution is 0.134. The minimum Gasteiger partial charge on any atom is -0.323 e. The highest BCUT2D eigenvalue weighted by molar-refractivity contribution is 5.76. The van der Waals surface area contributed by atoms with E-state index in [4.69, 9.17) is 0 Å². The molecular weight excluding hydrogens is 329 g/mol. The largest absolute Gasteiger partial charge is 0.323 e. The zero-order chi connectivity index (χ0) is 18.1. The van der Waals surface area contributed by atoms with Gasteiger partial charge < -0.3 is 15.1 Å². The number of nitrogens with zero attached hydrogens (tertiary/aromatic N) is 2. The van der Waals surface area contributed by atoms with Gasteiger partial charge in [-0.3, -0.25) is 0 Å². The molecule has 1 N–H and O–H groups in total. The third-order valence-corrected chi connectivity index (χ3v) is 5.60. The minimum atomic E-state index is -0.259. The van der Waals surface area contributed by atoms with Crippen molar-refractivity contribution < 1.29 is 9.18 Å². The van der Waals surface area contributed by atoms with E-state index in [2.05, 4.69) is 17.4 Å². The predicted octanol–water partition coefficient (Wildman–Crippen LogP) is 3.19. The molecule has 1 fully saturated rings. The SMILES string of the molecule is CN(C(=O)N1CCc2ccccc2[C@H]1c1ccc(F)cc1)[C@@H]1CCNC1. The highest BCUT2D eigenvalue weighted by Crippen LogP contribution is 2.36. The number of carbonyl (C=O) groups is 1. The molecule has 2 aliphatic rings. The van der Waals surface area contributed by atoms with Gasteiger partial charge in [-0.2, -0.15) is 0 Å². The highest BCUT2D eigenvalue weighted by atomic mass is 19.1. The number of rotatable bonds is 2. The van der Waals surface area contributed by atoms with Crippen molar-refractivity contribution >= 4 is 6.03 Å². The van der Waals surface area contributed by atoms with Crippen molar-refractivity contribution in [2.45, 2.75) is 24.9 Å². The molecule has 2 atom stereocenters. The van der Waals surface area contributed by atoms with Gasteiger partial charge in [0, 0.05) is 26.2 Å². The van der Waals surface area contributed by atoms with Crippen LogP contribution in [-0.4, -0.2) is 48.6 Å². The Bertz CT molecular complexity index is 786. The lowest BCUT2D eigenvalue weighted by Gasteiger charge is -2.41. The fraction of sp³-hybridized carbons (Fsp3) is 0.381. The third kappa shape index (κ3) is 3.07. The van der Waals surface area contributed by atoms with Crippen LogP contribution >= 0.6 is 0 Å². The van der Waals surface area contributed by atoms with E-state index in [1.807, 2.05) is 29.0 Å². The van der Waals surface area contributed by atoms with Crippen LogP contribution in [0.25, 0.3) is 0 Å². The van der Waals surface area contributed by atoms with Gasteiger partial charge in [-0.25, -0.2) is 9.18 Å². The number of hydrogen-bond acceptors (Lipinski definition) is 2. The summed E-state index contributed by atoms with van der Waals surface area (Å²) in [7, 11) is 1.89. The van der Waals surface area contributed by atoms with E-state index in [-0.39, 0.29) is 23.9 Å². The van der Waals surface area contributed by atoms with Crippen molar-refractivity contribution in [3.8, 4) is 0 Å². The Morgan fingerprint density at radius 2 is 1.96 bits per heavy atom. The molecule has 4 nitrogen and oxygen atoms in total. The van der Waals surface area contributed by atoms with Gasteiger partial charge >= 0.3 is 6.03 Å². The minimum absolute atomic E-state index is 0.0440. The Balaban J connectivity index is 1.70. The van der Waals surface area contributed by atoms with Crippen LogP contribution in [0.15, 0.2) is 48.5 Å². The van der Waals surface area contributed by atoms with E-state index >= 15 is 0 Å². The first-order valence-corrected chi connectivity index (χ1v) is 9.22. The third-order valence-electron chi connectivity index (χ3n) is 5.60. The van der Waals surface area contributed by atoms with Crippen LogP contribution in [-0.2, 0) is 6.42 Å². The van der Waals surface area contributed by atoms with Crippen molar-refractivity contribution in [3.05, 3.63) is 71.0 Å². The van der Waals surface area contributed by atoms with Crippen LogP contribution in [0.1, 0.15) is 29.2 Å². The summed E-state index contributed by atoms with van der Waals surface area (Å²) < 4.78 is 13.4. The van der Waals surface area contributed by atoms with Crippen molar-refractivity contribution in [1.29, 1.82) is 0 Å². The second-order valence-corrected chi connectivity index (χ2v) is 7.14. The molecule has 0 saturated carbocycles. The van der Waals surface area contributed by atoms with Gasteiger partial charge in [0.1, 0.15) is 5.82 Å². The number of nitrogens with one attached hydrogen (secondary N) is 1. The molecule has 2 amide bonds. The molecule has 0 unspecified atom stereocenters. The summed E-state index contributed by atoms with van der Waals surface area (Å²) in [6, 6.07) is 14.9. The summed E-state index contributed by atoms with van der Waals surface area (Å²) in [5, 5.41) is 3.32. The molecule has 2 aromatic rings. The Morgan fingerprint density at radius 3 is 2.69 bits per heavy atom. The first kappa shape index (κ1) is 17.0. The van der Waals surface area contributed by atoms with Gasteiger partial charge in [0.2, 0.25) is 0 Å². The standard InChI is InChI=1S/C21H24FN3O/c1-24(18-10-12-23-14-18)21(26)25-13-11-15-4-2-3-5-19(15)20(25)16-6-8-17(22)9-7-16/h2-9,18,20,23H,10-14H2,1H3/t18-,20-/m1/s1. The van der Waals surface area contributed by atoms with Crippen LogP contribution in [0, 0.1) is 5.82 Å². The van der Waals surface area contributed by atoms with E-state index in [0.717, 1.165) is 37.1 Å². The molecule has 0 radical (unpaired) electrons. The van der Waals surface area contributed by atoms with Crippen molar-refractivity contribution in [3.63, 3.8) is 0 Å². The van der Waals surface area contributed by atoms with Crippen LogP contribution in [0.5, 0.6) is 0 Å². The van der Waals surface area contributed by atoms with Gasteiger partial charge in [0.15, 0.2) is 0 Å². The fourth-order valence-electron chi connectivity index (χ4n) is 4.11. The first-order chi connectivity index (χ1) is 12.6. The Labute approximate surface area is 153 Å². The Kier molecular flexibility index (Phi) is 4.64. The normalized spacial score (nSPS) is 22.2. The fourth-order valence-corrected chi connectivity index (χ4v) is 4.11. The summed E-state index contributed by atoms with van der Waals surface area (Å²) in [6.07, 6.45) is 1.82. The lowest BCUT2D eigenvalue weighted by atomic mass is 9.88. The van der Waals surface area contributed by atoms with Gasteiger partial charge in [0.25, 0.3) is 0 Å². The Morgan fingerprint density at radius 1 is 1.19 bits per heavy atom. The van der Waals surface area contributed by atoms with Crippen LogP contribution in [0.3, 0.4) is 0 Å². The van der Waals surface area contributed by atoms with Gasteiger partial charge in [-0.15, -0.1) is 0 Å². The average Bonchev–Trinajstić information content (AvgIpc) is 3.21. The number of carbonyl (C=O) groups excluding carboxylic acids is 1. The van der Waals surface area contributed by atoms with Crippen molar-refractivity contribution in [2.75, 3.05) is 26.7 Å². The van der Waals surface area contributed by atoms with E-state index in [9.17, 15) is 9.18 Å². The number of likely N-dealkylation sites (N-methyl/N-ethyl adjacent to an activating group) is 1. The molecule has 5 heteroatoms. The van der Waals surface area contributed by atoms with E-state index in [0.29, 0.717) is 6.54 Å². The smallest absolute Gasteiger partial charge is 0.320 e. The summed E-state index contributed by atoms with van der Waals surface area (Å²) in [5.74, 6) is -0.259. The number of fused-ring (bicyclic) bond motifs is 1. The summed E-state index contributed by atoms with van der Waals surface area (Å²) in [4.78, 5) is 17.1. The summed E-state index contributed by atoms with van der Waals surface area (Å²) in [5.41, 5.74) is 3.34. The maximum Gasteiger partial charge on any atom is 0.320 e. The predicted molar refractivity (Wildman–Crippen MR) is 99.5 cm³/mol. The lowest BCUT2D eigenvalue weighted by Crippen LogP contribution is -2.50. The second-order valence-electron chi connectivity index (χ2n) is 7.14. The van der Waals surface area contributed by atoms with Gasteiger partial charge in [0.05, 0.1) is 6.04 Å². The molecule has 136 valence electrons. The van der Waals surface area contributed by atoms with Crippen LogP contribution < -0.4 is 5.32 Å². The van der Waals surface area contributed by atoms with E-state index in [1.165, 1.54) is 17.7 Å². The van der Waals surface area contributed by atoms with Gasteiger partial charge in [-0.1, -0.05) is 36.4 Å². The molecule has 4 rings (SSSR count). The maximum atomic E-state index is 13.4. The van der Waals surface area contributed by atoms with E-state index < -0.39 is 0 Å². The number of amides is 2. The number of benzene rings is 2. The molecule has 0 aromatic heterocycles. The zero-order valence-corrected chi connectivity index (χ0v) is 15.0. The molecule has 2 aliphatic heterocycles. The molecule has 1 saturated heterocycles. The van der Waals surface area contributed by atoms with Crippen molar-refractivity contribution in [2.24, 2.45) is 0 Å². The quantitative estimate of drug-likeness (QED) is 0.900. The first-order valence-electron chi connectivity index (χ1n) is 9.22. The molecule has 26 heavy (non-hydrogen) atoms. The van der Waals surface area contributed by atoms with Crippen LogP contribution in [0.2, 0.25) is 0 Å². The topological polar surface area (TPSA) is 35.6 Å². The van der Waals surface area contributed by atoms with E-state index in [1.54, 1.807) is 12.1 Å². The maximum absolute atomic E-state index is 13.4. The molecule has 2 aromatic carbocycles. The zero-order valence-electron chi connectivity index (χ0n) is 15.0. The van der Waals surface area contributed by atoms with Gasteiger partial charge in [-0.05, 0) is 48.2 Å². The van der Waals surface area contributed by atoms with Crippen LogP contribution in [0.4, 0.5) is 9.18 Å². The number of urea groups is 1. The molecule has 0 aliphatic carbocycles. The second kappa shape index (κ2) is 7.08. The highest BCUT2D eigenvalue weighted by Gasteiger charge is 2.35. The summed E-state index contributed by atoms with van der Waals surface area (Å²) >= 11 is 0. The molecule has 2 heterocycles. The monoisotopic (exact) mass is 353 g/mol. The Hall–Kier alpha value is -2.40. The average molecular weight is 353 g/mol. The molecule has 0 bridgehead atoms. The number of halogens is 1. The van der Waals surface area contributed by atoms with Crippen molar-refractivity contribution in [1.82, 2.24) is 15.1 Å².